The molecular formula is C11H24ClN3O3S. The topological polar surface area (TPSA) is 92.5 Å². The largest absolute Gasteiger partial charge is 0.338 e. The monoisotopic (exact) mass is 313 g/mol. The minimum absolute atomic E-state index is 0. The van der Waals surface area contributed by atoms with Crippen LogP contribution < -0.4 is 10.5 Å². The summed E-state index contributed by atoms with van der Waals surface area (Å²) in [6, 6.07) is -0.206. The van der Waals surface area contributed by atoms with Crippen molar-refractivity contribution in [3.8, 4) is 0 Å². The van der Waals surface area contributed by atoms with E-state index in [1.807, 2.05) is 0 Å². The van der Waals surface area contributed by atoms with Crippen LogP contribution in [-0.2, 0) is 14.8 Å². The summed E-state index contributed by atoms with van der Waals surface area (Å²) in [5.74, 6) is 0.0185. The van der Waals surface area contributed by atoms with Crippen molar-refractivity contribution in [2.45, 2.75) is 44.7 Å². The van der Waals surface area contributed by atoms with Gasteiger partial charge in [-0.25, -0.2) is 13.1 Å². The van der Waals surface area contributed by atoms with Gasteiger partial charge in [0.2, 0.25) is 15.9 Å². The Morgan fingerprint density at radius 2 is 2.11 bits per heavy atom. The highest BCUT2D eigenvalue weighted by atomic mass is 35.5. The number of nitrogens with one attached hydrogen (secondary N) is 1. The summed E-state index contributed by atoms with van der Waals surface area (Å²) in [5.41, 5.74) is 5.63. The smallest absolute Gasteiger partial charge is 0.224 e. The van der Waals surface area contributed by atoms with E-state index >= 15 is 0 Å². The highest BCUT2D eigenvalue weighted by Crippen LogP contribution is 2.18. The fraction of sp³-hybridized carbons (Fsp3) is 0.909. The zero-order chi connectivity index (χ0) is 13.8. The minimum Gasteiger partial charge on any atom is -0.338 e. The first-order valence-electron chi connectivity index (χ1n) is 6.29. The number of carbonyl (C=O) groups is 1. The van der Waals surface area contributed by atoms with Gasteiger partial charge in [0.05, 0.1) is 6.26 Å². The summed E-state index contributed by atoms with van der Waals surface area (Å²) in [4.78, 5) is 13.8. The molecule has 1 rings (SSSR count). The van der Waals surface area contributed by atoms with Crippen molar-refractivity contribution in [3.05, 3.63) is 0 Å². The third kappa shape index (κ3) is 7.10. The molecule has 0 radical (unpaired) electrons. The molecule has 8 heteroatoms. The zero-order valence-corrected chi connectivity index (χ0v) is 13.1. The number of likely N-dealkylation sites (tertiary alicyclic amines) is 1. The summed E-state index contributed by atoms with van der Waals surface area (Å²) in [5, 5.41) is 0. The first-order chi connectivity index (χ1) is 8.29. The van der Waals surface area contributed by atoms with Crippen molar-refractivity contribution < 1.29 is 13.2 Å². The van der Waals surface area contributed by atoms with E-state index in [1.54, 1.807) is 11.8 Å². The Bertz CT molecular complexity index is 387. The first-order valence-corrected chi connectivity index (χ1v) is 8.18. The van der Waals surface area contributed by atoms with Gasteiger partial charge < -0.3 is 10.6 Å². The molecule has 2 unspecified atom stereocenters. The van der Waals surface area contributed by atoms with Crippen molar-refractivity contribution in [1.29, 1.82) is 0 Å². The second-order valence-electron chi connectivity index (χ2n) is 5.04. The number of rotatable bonds is 5. The molecule has 1 aliphatic rings. The number of amides is 1. The van der Waals surface area contributed by atoms with E-state index < -0.39 is 10.0 Å². The van der Waals surface area contributed by atoms with Crippen molar-refractivity contribution >= 4 is 28.3 Å². The van der Waals surface area contributed by atoms with Crippen molar-refractivity contribution in [2.75, 3.05) is 19.3 Å². The molecule has 1 fully saturated rings. The lowest BCUT2D eigenvalue weighted by Crippen LogP contribution is -2.50. The minimum atomic E-state index is -3.21. The molecule has 6 nitrogen and oxygen atoms in total. The predicted octanol–water partition coefficient (Wildman–Crippen LogP) is 0.0758. The first kappa shape index (κ1) is 18.6. The van der Waals surface area contributed by atoms with E-state index in [0.29, 0.717) is 19.5 Å². The summed E-state index contributed by atoms with van der Waals surface area (Å²) >= 11 is 0. The Kier molecular flexibility index (Phi) is 7.88. The third-order valence-electron chi connectivity index (χ3n) is 3.03. The molecule has 3 N–H and O–H groups in total. The van der Waals surface area contributed by atoms with Gasteiger partial charge in [-0.1, -0.05) is 0 Å². The van der Waals surface area contributed by atoms with Gasteiger partial charge in [0.25, 0.3) is 0 Å². The number of hydrogen-bond acceptors (Lipinski definition) is 4. The standard InChI is InChI=1S/C11H23N3O3S.ClH/c1-9(12)7-11(15)14-6-4-3-5-10(14)8-13-18(2,16)17;/h9-10,13H,3-8,12H2,1-2H3;1H. The lowest BCUT2D eigenvalue weighted by atomic mass is 10.0. The maximum atomic E-state index is 12.0. The highest BCUT2D eigenvalue weighted by molar-refractivity contribution is 7.88. The predicted molar refractivity (Wildman–Crippen MR) is 77.7 cm³/mol. The highest BCUT2D eigenvalue weighted by Gasteiger charge is 2.27. The van der Waals surface area contributed by atoms with Crippen LogP contribution in [0.1, 0.15) is 32.6 Å². The molecular weight excluding hydrogens is 290 g/mol. The van der Waals surface area contributed by atoms with Gasteiger partial charge in [-0.2, -0.15) is 0 Å². The number of hydrogen-bond donors (Lipinski definition) is 2. The number of nitrogens with two attached hydrogens (primary N) is 1. The normalized spacial score (nSPS) is 21.6. The molecule has 1 saturated heterocycles. The number of nitrogens with zero attached hydrogens (tertiary/aromatic N) is 1. The van der Waals surface area contributed by atoms with Crippen LogP contribution in [0.15, 0.2) is 0 Å². The Morgan fingerprint density at radius 1 is 1.47 bits per heavy atom. The van der Waals surface area contributed by atoms with Gasteiger partial charge in [0.15, 0.2) is 0 Å². The van der Waals surface area contributed by atoms with Crippen LogP contribution in [0.3, 0.4) is 0 Å². The number of halogens is 1. The summed E-state index contributed by atoms with van der Waals surface area (Å²) < 4.78 is 24.7. The van der Waals surface area contributed by atoms with Crippen molar-refractivity contribution in [1.82, 2.24) is 9.62 Å². The van der Waals surface area contributed by atoms with Crippen LogP contribution in [0.4, 0.5) is 0 Å². The van der Waals surface area contributed by atoms with Gasteiger partial charge in [-0.3, -0.25) is 4.79 Å². The van der Waals surface area contributed by atoms with E-state index in [-0.39, 0.29) is 30.4 Å². The second-order valence-corrected chi connectivity index (χ2v) is 6.87. The van der Waals surface area contributed by atoms with Crippen molar-refractivity contribution in [3.63, 3.8) is 0 Å². The molecule has 114 valence electrons. The zero-order valence-electron chi connectivity index (χ0n) is 11.5. The van der Waals surface area contributed by atoms with E-state index in [0.717, 1.165) is 25.5 Å². The van der Waals surface area contributed by atoms with Gasteiger partial charge in [-0.15, -0.1) is 12.4 Å². The molecule has 0 bridgehead atoms. The van der Waals surface area contributed by atoms with E-state index in [4.69, 9.17) is 5.73 Å². The van der Waals surface area contributed by atoms with E-state index in [9.17, 15) is 13.2 Å². The molecule has 0 aromatic carbocycles. The fourth-order valence-corrected chi connectivity index (χ4v) is 2.68. The molecule has 19 heavy (non-hydrogen) atoms. The van der Waals surface area contributed by atoms with Crippen LogP contribution in [-0.4, -0.2) is 50.7 Å². The Morgan fingerprint density at radius 3 is 2.63 bits per heavy atom. The maximum Gasteiger partial charge on any atom is 0.224 e. The fourth-order valence-electron chi connectivity index (χ4n) is 2.18. The van der Waals surface area contributed by atoms with Crippen LogP contribution in [0, 0.1) is 0 Å². The maximum absolute atomic E-state index is 12.0. The molecule has 2 atom stereocenters. The Hall–Kier alpha value is -0.370. The van der Waals surface area contributed by atoms with Gasteiger partial charge in [-0.05, 0) is 26.2 Å². The van der Waals surface area contributed by atoms with Gasteiger partial charge >= 0.3 is 0 Å². The number of sulfonamides is 1. The van der Waals surface area contributed by atoms with Crippen LogP contribution in [0.25, 0.3) is 0 Å². The van der Waals surface area contributed by atoms with Crippen LogP contribution >= 0.6 is 12.4 Å². The number of piperidine rings is 1. The molecule has 0 aromatic heterocycles. The summed E-state index contributed by atoms with van der Waals surface area (Å²) in [6.07, 6.45) is 4.28. The summed E-state index contributed by atoms with van der Waals surface area (Å²) in [6.45, 7) is 2.79. The van der Waals surface area contributed by atoms with Crippen LogP contribution in [0.2, 0.25) is 0 Å². The second kappa shape index (κ2) is 8.04. The molecule has 1 heterocycles. The molecule has 1 amide bonds. The average molecular weight is 314 g/mol. The van der Waals surface area contributed by atoms with E-state index in [1.165, 1.54) is 0 Å². The Labute approximate surface area is 121 Å². The lowest BCUT2D eigenvalue weighted by molar-refractivity contribution is -0.135. The molecule has 1 aliphatic heterocycles. The van der Waals surface area contributed by atoms with Gasteiger partial charge in [0.1, 0.15) is 0 Å². The molecule has 0 aliphatic carbocycles. The van der Waals surface area contributed by atoms with Crippen LogP contribution in [0.5, 0.6) is 0 Å². The SMILES string of the molecule is CC(N)CC(=O)N1CCCCC1CNS(C)(=O)=O.Cl. The third-order valence-corrected chi connectivity index (χ3v) is 3.72. The lowest BCUT2D eigenvalue weighted by Gasteiger charge is -2.36. The Balaban J connectivity index is 0.00000324. The van der Waals surface area contributed by atoms with Gasteiger partial charge in [0, 0.05) is 31.6 Å². The molecule has 0 saturated carbocycles. The number of carbonyl (C=O) groups excluding carboxylic acids is 1. The summed E-state index contributed by atoms with van der Waals surface area (Å²) in [7, 11) is -3.21. The molecule has 0 spiro atoms. The molecule has 0 aromatic rings. The van der Waals surface area contributed by atoms with E-state index in [2.05, 4.69) is 4.72 Å². The average Bonchev–Trinajstić information content (AvgIpc) is 2.25. The van der Waals surface area contributed by atoms with Crippen molar-refractivity contribution in [2.24, 2.45) is 5.73 Å². The quantitative estimate of drug-likeness (QED) is 0.751.